The number of benzene rings is 1. The lowest BCUT2D eigenvalue weighted by molar-refractivity contribution is 0.201. The van der Waals surface area contributed by atoms with Crippen molar-refractivity contribution in [3.05, 3.63) is 48.7 Å². The van der Waals surface area contributed by atoms with Gasteiger partial charge in [0.2, 0.25) is 5.88 Å². The molecule has 4 heteroatoms. The zero-order chi connectivity index (χ0) is 11.9. The molecular weight excluding hydrogens is 218 g/mol. The summed E-state index contributed by atoms with van der Waals surface area (Å²) in [6, 6.07) is 12.6. The second-order valence-electron chi connectivity index (χ2n) is 3.31. The van der Waals surface area contributed by atoms with Crippen LogP contribution < -0.4 is 9.47 Å². The van der Waals surface area contributed by atoms with Crippen LogP contribution in [-0.4, -0.2) is 23.3 Å². The van der Waals surface area contributed by atoms with Crippen LogP contribution in [0.5, 0.6) is 17.4 Å². The fourth-order valence-corrected chi connectivity index (χ4v) is 1.30. The number of aromatic nitrogens is 1. The summed E-state index contributed by atoms with van der Waals surface area (Å²) in [6.07, 6.45) is 1.67. The van der Waals surface area contributed by atoms with Gasteiger partial charge in [-0.3, -0.25) is 0 Å². The third kappa shape index (κ3) is 3.46. The zero-order valence-electron chi connectivity index (χ0n) is 9.24. The first-order valence-electron chi connectivity index (χ1n) is 5.31. The predicted octanol–water partition coefficient (Wildman–Crippen LogP) is 2.25. The molecule has 2 rings (SSSR count). The number of nitrogens with zero attached hydrogens (tertiary/aromatic N) is 1. The van der Waals surface area contributed by atoms with E-state index in [9.17, 15) is 0 Å². The molecule has 0 atom stereocenters. The van der Waals surface area contributed by atoms with Gasteiger partial charge >= 0.3 is 0 Å². The number of hydrogen-bond acceptors (Lipinski definition) is 4. The fraction of sp³-hybridized carbons (Fsp3) is 0.154. The van der Waals surface area contributed by atoms with Crippen molar-refractivity contribution in [3.8, 4) is 17.4 Å². The number of rotatable bonds is 5. The first-order valence-corrected chi connectivity index (χ1v) is 5.31. The highest BCUT2D eigenvalue weighted by Crippen LogP contribution is 2.21. The predicted molar refractivity (Wildman–Crippen MR) is 63.3 cm³/mol. The summed E-state index contributed by atoms with van der Waals surface area (Å²) < 4.78 is 10.8. The van der Waals surface area contributed by atoms with Gasteiger partial charge < -0.3 is 14.6 Å². The lowest BCUT2D eigenvalue weighted by Crippen LogP contribution is -2.01. The Kier molecular flexibility index (Phi) is 3.94. The minimum Gasteiger partial charge on any atom is -0.491 e. The van der Waals surface area contributed by atoms with Crippen molar-refractivity contribution >= 4 is 0 Å². The van der Waals surface area contributed by atoms with Crippen LogP contribution in [0.2, 0.25) is 0 Å². The van der Waals surface area contributed by atoms with Gasteiger partial charge in [0.25, 0.3) is 0 Å². The van der Waals surface area contributed by atoms with E-state index in [-0.39, 0.29) is 6.61 Å². The van der Waals surface area contributed by atoms with Gasteiger partial charge in [0.15, 0.2) is 0 Å². The van der Waals surface area contributed by atoms with Crippen molar-refractivity contribution in [1.82, 2.24) is 4.98 Å². The van der Waals surface area contributed by atoms with Crippen molar-refractivity contribution in [1.29, 1.82) is 0 Å². The number of pyridine rings is 1. The first-order chi connectivity index (χ1) is 8.38. The van der Waals surface area contributed by atoms with E-state index in [0.717, 1.165) is 0 Å². The van der Waals surface area contributed by atoms with E-state index in [0.29, 0.717) is 24.0 Å². The molecule has 0 fully saturated rings. The van der Waals surface area contributed by atoms with Gasteiger partial charge in [-0.15, -0.1) is 0 Å². The Hall–Kier alpha value is -2.07. The molecular formula is C13H13NO3. The van der Waals surface area contributed by atoms with Gasteiger partial charge in [-0.1, -0.05) is 6.07 Å². The van der Waals surface area contributed by atoms with Crippen molar-refractivity contribution in [2.75, 3.05) is 13.2 Å². The van der Waals surface area contributed by atoms with Gasteiger partial charge in [0, 0.05) is 12.3 Å². The first kappa shape index (κ1) is 11.4. The number of ether oxygens (including phenoxy) is 2. The molecule has 0 aliphatic carbocycles. The third-order valence-corrected chi connectivity index (χ3v) is 2.04. The average molecular weight is 231 g/mol. The summed E-state index contributed by atoms with van der Waals surface area (Å²) >= 11 is 0. The summed E-state index contributed by atoms with van der Waals surface area (Å²) in [4.78, 5) is 4.06. The lowest BCUT2D eigenvalue weighted by atomic mass is 10.3. The molecule has 1 heterocycles. The molecule has 17 heavy (non-hydrogen) atoms. The van der Waals surface area contributed by atoms with Crippen LogP contribution in [0.3, 0.4) is 0 Å². The Morgan fingerprint density at radius 1 is 1.00 bits per heavy atom. The van der Waals surface area contributed by atoms with Gasteiger partial charge in [0.1, 0.15) is 18.1 Å². The number of aliphatic hydroxyl groups is 1. The molecule has 0 unspecified atom stereocenters. The van der Waals surface area contributed by atoms with Crippen LogP contribution in [0, 0.1) is 0 Å². The van der Waals surface area contributed by atoms with Crippen LogP contribution in [0.15, 0.2) is 48.7 Å². The van der Waals surface area contributed by atoms with Gasteiger partial charge in [-0.25, -0.2) is 4.98 Å². The van der Waals surface area contributed by atoms with Gasteiger partial charge in [-0.2, -0.15) is 0 Å². The summed E-state index contributed by atoms with van der Waals surface area (Å²) in [5, 5.41) is 8.62. The van der Waals surface area contributed by atoms with Crippen LogP contribution >= 0.6 is 0 Å². The van der Waals surface area contributed by atoms with E-state index in [1.165, 1.54) is 0 Å². The van der Waals surface area contributed by atoms with Gasteiger partial charge in [0.05, 0.1) is 6.61 Å². The van der Waals surface area contributed by atoms with E-state index >= 15 is 0 Å². The molecule has 0 amide bonds. The van der Waals surface area contributed by atoms with Crippen LogP contribution in [0.1, 0.15) is 0 Å². The quantitative estimate of drug-likeness (QED) is 0.857. The summed E-state index contributed by atoms with van der Waals surface area (Å²) in [5.74, 6) is 1.95. The van der Waals surface area contributed by atoms with Crippen LogP contribution in [0.4, 0.5) is 0 Å². The van der Waals surface area contributed by atoms with Crippen LogP contribution in [-0.2, 0) is 0 Å². The van der Waals surface area contributed by atoms with Crippen molar-refractivity contribution in [2.45, 2.75) is 0 Å². The lowest BCUT2D eigenvalue weighted by Gasteiger charge is -2.06. The topological polar surface area (TPSA) is 51.6 Å². The molecule has 0 spiro atoms. The molecule has 0 bridgehead atoms. The number of aliphatic hydroxyl groups excluding tert-OH is 1. The smallest absolute Gasteiger partial charge is 0.219 e. The molecule has 0 aliphatic rings. The van der Waals surface area contributed by atoms with Crippen molar-refractivity contribution < 1.29 is 14.6 Å². The standard InChI is InChI=1S/C13H13NO3/c15-9-10-16-11-4-6-12(7-5-11)17-13-3-1-2-8-14-13/h1-8,15H,9-10H2. The maximum absolute atomic E-state index is 8.62. The van der Waals surface area contributed by atoms with E-state index in [2.05, 4.69) is 4.98 Å². The van der Waals surface area contributed by atoms with E-state index in [1.54, 1.807) is 36.5 Å². The summed E-state index contributed by atoms with van der Waals surface area (Å²) in [6.45, 7) is 0.298. The fourth-order valence-electron chi connectivity index (χ4n) is 1.30. The third-order valence-electron chi connectivity index (χ3n) is 2.04. The molecule has 88 valence electrons. The monoisotopic (exact) mass is 231 g/mol. The largest absolute Gasteiger partial charge is 0.491 e. The highest BCUT2D eigenvalue weighted by Gasteiger charge is 1.98. The Labute approximate surface area is 99.5 Å². The normalized spacial score (nSPS) is 9.94. The van der Waals surface area contributed by atoms with Crippen molar-refractivity contribution in [2.24, 2.45) is 0 Å². The van der Waals surface area contributed by atoms with E-state index in [4.69, 9.17) is 14.6 Å². The summed E-state index contributed by atoms with van der Waals surface area (Å²) in [5.41, 5.74) is 0. The molecule has 1 aromatic carbocycles. The van der Waals surface area contributed by atoms with Crippen LogP contribution in [0.25, 0.3) is 0 Å². The minimum absolute atomic E-state index is 0.00614. The van der Waals surface area contributed by atoms with E-state index < -0.39 is 0 Å². The molecule has 1 aromatic heterocycles. The minimum atomic E-state index is 0.00614. The SMILES string of the molecule is OCCOc1ccc(Oc2ccccn2)cc1. The molecule has 4 nitrogen and oxygen atoms in total. The highest BCUT2D eigenvalue weighted by molar-refractivity contribution is 5.33. The second-order valence-corrected chi connectivity index (χ2v) is 3.31. The Morgan fingerprint density at radius 3 is 2.41 bits per heavy atom. The maximum atomic E-state index is 8.62. The van der Waals surface area contributed by atoms with Crippen molar-refractivity contribution in [3.63, 3.8) is 0 Å². The summed E-state index contributed by atoms with van der Waals surface area (Å²) in [7, 11) is 0. The number of hydrogen-bond donors (Lipinski definition) is 1. The zero-order valence-corrected chi connectivity index (χ0v) is 9.24. The second kappa shape index (κ2) is 5.86. The van der Waals surface area contributed by atoms with E-state index in [1.807, 2.05) is 12.1 Å². The highest BCUT2D eigenvalue weighted by atomic mass is 16.5. The average Bonchev–Trinajstić information content (AvgIpc) is 2.39. The van der Waals surface area contributed by atoms with Gasteiger partial charge in [-0.05, 0) is 30.3 Å². The Morgan fingerprint density at radius 2 is 1.76 bits per heavy atom. The molecule has 0 radical (unpaired) electrons. The molecule has 0 saturated heterocycles. The molecule has 1 N–H and O–H groups in total. The molecule has 2 aromatic rings. The Bertz CT molecular complexity index is 442. The molecule has 0 aliphatic heterocycles. The molecule has 0 saturated carbocycles. The Balaban J connectivity index is 1.98. The maximum Gasteiger partial charge on any atom is 0.219 e.